The van der Waals surface area contributed by atoms with Crippen LogP contribution in [0.15, 0.2) is 54.6 Å². The molecule has 0 spiro atoms. The molecule has 0 fully saturated rings. The van der Waals surface area contributed by atoms with Crippen LogP contribution in [0, 0.1) is 6.92 Å². The average molecular weight is 480 g/mol. The Morgan fingerprint density at radius 3 is 2.62 bits per heavy atom. The number of benzene rings is 3. The summed E-state index contributed by atoms with van der Waals surface area (Å²) < 4.78 is 11.6. The number of fused-ring (bicyclic) bond motifs is 1. The van der Waals surface area contributed by atoms with E-state index in [9.17, 15) is 4.79 Å². The first-order valence-corrected chi connectivity index (χ1v) is 11.0. The summed E-state index contributed by atoms with van der Waals surface area (Å²) >= 11 is 12.4. The molecule has 0 bridgehead atoms. The Hall–Kier alpha value is -1.69. The molecule has 0 aromatic heterocycles. The fraction of sp³-hybridized carbons (Fsp3) is 0.240. The third-order valence-electron chi connectivity index (χ3n) is 5.29. The summed E-state index contributed by atoms with van der Waals surface area (Å²) in [6.07, 6.45) is 2.69. The number of nitrogens with one attached hydrogen (secondary N) is 1. The maximum absolute atomic E-state index is 12.4. The predicted molar refractivity (Wildman–Crippen MR) is 131 cm³/mol. The molecule has 0 atom stereocenters. The summed E-state index contributed by atoms with van der Waals surface area (Å²) in [5, 5.41) is 4.22. The van der Waals surface area contributed by atoms with Gasteiger partial charge in [-0.05, 0) is 85.3 Å². The second-order valence-electron chi connectivity index (χ2n) is 7.55. The summed E-state index contributed by atoms with van der Waals surface area (Å²) in [5.74, 6) is 1.83. The van der Waals surface area contributed by atoms with Gasteiger partial charge in [-0.2, -0.15) is 0 Å². The van der Waals surface area contributed by atoms with Crippen molar-refractivity contribution < 1.29 is 14.3 Å². The number of hydrogen-bond acceptors (Lipinski definition) is 3. The first kappa shape index (κ1) is 24.9. The van der Waals surface area contributed by atoms with Crippen LogP contribution in [0.25, 0.3) is 0 Å². The third kappa shape index (κ3) is 6.21. The Morgan fingerprint density at radius 2 is 1.88 bits per heavy atom. The van der Waals surface area contributed by atoms with E-state index >= 15 is 0 Å². The number of aryl methyl sites for hydroxylation is 2. The zero-order valence-corrected chi connectivity index (χ0v) is 18.7. The van der Waals surface area contributed by atoms with Crippen molar-refractivity contribution in [3.63, 3.8) is 0 Å². The fourth-order valence-electron chi connectivity index (χ4n) is 3.58. The van der Waals surface area contributed by atoms with Crippen LogP contribution >= 0.6 is 23.2 Å². The molecule has 0 radical (unpaired) electrons. The summed E-state index contributed by atoms with van der Waals surface area (Å²) in [6, 6.07) is 16.5. The molecule has 3 aromatic carbocycles. The van der Waals surface area contributed by atoms with E-state index in [1.807, 2.05) is 37.3 Å². The number of carbonyl (C=O) groups is 1. The Balaban J connectivity index is 0.00000289. The van der Waals surface area contributed by atoms with Crippen LogP contribution in [0.2, 0.25) is 10.0 Å². The second-order valence-corrected chi connectivity index (χ2v) is 8.39. The van der Waals surface area contributed by atoms with Crippen LogP contribution in [0.4, 0.5) is 0 Å². The molecule has 0 saturated heterocycles. The Bertz CT molecular complexity index is 1100. The summed E-state index contributed by atoms with van der Waals surface area (Å²) in [6.45, 7) is 3.27. The second kappa shape index (κ2) is 11.4. The molecule has 1 amide bonds. The minimum absolute atomic E-state index is 0. The SMILES string of the molecule is Cc1cc(Cl)ccc1CCNC(=O)c1ccc(Oc2cc3c(cc2Cl)CCCO3)cc1.[NaH]. The van der Waals surface area contributed by atoms with E-state index in [-0.39, 0.29) is 35.5 Å². The summed E-state index contributed by atoms with van der Waals surface area (Å²) in [5.41, 5.74) is 3.96. The van der Waals surface area contributed by atoms with E-state index in [1.165, 1.54) is 5.56 Å². The van der Waals surface area contributed by atoms with Crippen LogP contribution in [0.5, 0.6) is 17.2 Å². The van der Waals surface area contributed by atoms with Crippen molar-refractivity contribution in [1.82, 2.24) is 5.32 Å². The van der Waals surface area contributed by atoms with Gasteiger partial charge in [-0.3, -0.25) is 4.79 Å². The van der Waals surface area contributed by atoms with Gasteiger partial charge in [0.05, 0.1) is 11.6 Å². The molecule has 162 valence electrons. The number of carbonyl (C=O) groups excluding carboxylic acids is 1. The molecule has 1 heterocycles. The van der Waals surface area contributed by atoms with Crippen LogP contribution in [-0.4, -0.2) is 48.6 Å². The molecular weight excluding hydrogens is 456 g/mol. The zero-order valence-electron chi connectivity index (χ0n) is 17.2. The van der Waals surface area contributed by atoms with E-state index in [0.29, 0.717) is 35.2 Å². The van der Waals surface area contributed by atoms with Crippen molar-refractivity contribution in [1.29, 1.82) is 0 Å². The zero-order chi connectivity index (χ0) is 21.8. The van der Waals surface area contributed by atoms with E-state index in [1.54, 1.807) is 24.3 Å². The number of amides is 1. The molecule has 32 heavy (non-hydrogen) atoms. The van der Waals surface area contributed by atoms with Crippen LogP contribution < -0.4 is 14.8 Å². The van der Waals surface area contributed by atoms with Crippen molar-refractivity contribution in [2.24, 2.45) is 0 Å². The quantitative estimate of drug-likeness (QED) is 0.458. The predicted octanol–water partition coefficient (Wildman–Crippen LogP) is 5.74. The van der Waals surface area contributed by atoms with Gasteiger partial charge in [-0.1, -0.05) is 29.3 Å². The monoisotopic (exact) mass is 479 g/mol. The molecule has 0 aliphatic carbocycles. The molecule has 0 unspecified atom stereocenters. The number of ether oxygens (including phenoxy) is 2. The van der Waals surface area contributed by atoms with Crippen molar-refractivity contribution in [3.8, 4) is 17.2 Å². The van der Waals surface area contributed by atoms with E-state index in [2.05, 4.69) is 5.32 Å². The van der Waals surface area contributed by atoms with Gasteiger partial charge in [0.2, 0.25) is 0 Å². The third-order valence-corrected chi connectivity index (χ3v) is 5.82. The topological polar surface area (TPSA) is 47.6 Å². The normalized spacial score (nSPS) is 12.2. The molecular formula is C25H24Cl2NNaO3. The molecule has 0 saturated carbocycles. The molecule has 1 N–H and O–H groups in total. The van der Waals surface area contributed by atoms with Crippen LogP contribution in [-0.2, 0) is 12.8 Å². The standard InChI is InChI=1S/C25H23Cl2NO3.Na.H/c1-16-13-20(26)7-4-17(16)10-11-28-25(29)18-5-8-21(9-6-18)31-24-15-23-19(14-22(24)27)3-2-12-30-23;;/h4-9,13-15H,2-3,10-12H2,1H3,(H,28,29);;. The first-order valence-electron chi connectivity index (χ1n) is 10.3. The number of hydrogen-bond donors (Lipinski definition) is 1. The maximum atomic E-state index is 12.4. The van der Waals surface area contributed by atoms with Crippen molar-refractivity contribution in [3.05, 3.63) is 86.9 Å². The first-order chi connectivity index (χ1) is 15.0. The molecule has 1 aliphatic heterocycles. The molecule has 4 nitrogen and oxygen atoms in total. The van der Waals surface area contributed by atoms with Crippen molar-refractivity contribution in [2.45, 2.75) is 26.2 Å². The molecule has 4 rings (SSSR count). The van der Waals surface area contributed by atoms with Gasteiger partial charge in [0, 0.05) is 23.2 Å². The fourth-order valence-corrected chi connectivity index (χ4v) is 4.03. The Kier molecular flexibility index (Phi) is 8.92. The number of halogens is 2. The Morgan fingerprint density at radius 1 is 1.09 bits per heavy atom. The van der Waals surface area contributed by atoms with Gasteiger partial charge in [-0.15, -0.1) is 0 Å². The van der Waals surface area contributed by atoms with E-state index < -0.39 is 0 Å². The summed E-state index contributed by atoms with van der Waals surface area (Å²) in [7, 11) is 0. The van der Waals surface area contributed by atoms with E-state index in [4.69, 9.17) is 32.7 Å². The van der Waals surface area contributed by atoms with Gasteiger partial charge in [0.1, 0.15) is 17.2 Å². The van der Waals surface area contributed by atoms with Gasteiger partial charge in [0.25, 0.3) is 5.91 Å². The molecule has 7 heteroatoms. The van der Waals surface area contributed by atoms with E-state index in [0.717, 1.165) is 41.2 Å². The van der Waals surface area contributed by atoms with Gasteiger partial charge in [-0.25, -0.2) is 0 Å². The van der Waals surface area contributed by atoms with Crippen molar-refractivity contribution in [2.75, 3.05) is 13.2 Å². The van der Waals surface area contributed by atoms with Gasteiger partial charge < -0.3 is 14.8 Å². The van der Waals surface area contributed by atoms with Gasteiger partial charge >= 0.3 is 29.6 Å². The van der Waals surface area contributed by atoms with Crippen LogP contribution in [0.1, 0.15) is 33.5 Å². The van der Waals surface area contributed by atoms with Gasteiger partial charge in [0.15, 0.2) is 0 Å². The van der Waals surface area contributed by atoms with Crippen molar-refractivity contribution >= 4 is 58.7 Å². The Labute approximate surface area is 220 Å². The average Bonchev–Trinajstić information content (AvgIpc) is 2.76. The molecule has 3 aromatic rings. The number of rotatable bonds is 6. The minimum atomic E-state index is -0.127. The summed E-state index contributed by atoms with van der Waals surface area (Å²) in [4.78, 5) is 12.4. The molecule has 1 aliphatic rings. The van der Waals surface area contributed by atoms with Crippen LogP contribution in [0.3, 0.4) is 0 Å².